The predicted molar refractivity (Wildman–Crippen MR) is 113 cm³/mol. The largest absolute Gasteiger partial charge is 0.497 e. The third-order valence-electron chi connectivity index (χ3n) is 4.80. The van der Waals surface area contributed by atoms with Gasteiger partial charge in [-0.1, -0.05) is 12.1 Å². The monoisotopic (exact) mass is 385 g/mol. The van der Waals surface area contributed by atoms with Gasteiger partial charge in [-0.15, -0.1) is 0 Å². The Morgan fingerprint density at radius 2 is 1.69 bits per heavy atom. The Morgan fingerprint density at radius 3 is 2.41 bits per heavy atom. The molecule has 1 aromatic heterocycles. The summed E-state index contributed by atoms with van der Waals surface area (Å²) in [5.74, 6) is 2.60. The molecule has 29 heavy (non-hydrogen) atoms. The number of rotatable bonds is 5. The van der Waals surface area contributed by atoms with E-state index in [1.165, 1.54) is 0 Å². The summed E-state index contributed by atoms with van der Waals surface area (Å²) < 4.78 is 16.2. The van der Waals surface area contributed by atoms with Crippen molar-refractivity contribution in [2.75, 3.05) is 21.3 Å². The Hall–Kier alpha value is -3.98. The molecule has 0 atom stereocenters. The summed E-state index contributed by atoms with van der Waals surface area (Å²) in [6, 6.07) is 17.5. The van der Waals surface area contributed by atoms with Crippen LogP contribution < -0.4 is 14.2 Å². The van der Waals surface area contributed by atoms with Gasteiger partial charge < -0.3 is 19.2 Å². The summed E-state index contributed by atoms with van der Waals surface area (Å²) in [5.41, 5.74) is 2.74. The van der Waals surface area contributed by atoms with Crippen molar-refractivity contribution in [3.8, 4) is 23.3 Å². The number of benzene rings is 3. The molecule has 1 N–H and O–H groups in total. The lowest BCUT2D eigenvalue weighted by atomic mass is 10.0. The Bertz CT molecular complexity index is 1280. The molecule has 0 fully saturated rings. The van der Waals surface area contributed by atoms with E-state index < -0.39 is 0 Å². The third kappa shape index (κ3) is 3.34. The highest BCUT2D eigenvalue weighted by atomic mass is 16.5. The summed E-state index contributed by atoms with van der Waals surface area (Å²) >= 11 is 0. The first-order valence-corrected chi connectivity index (χ1v) is 8.97. The summed E-state index contributed by atoms with van der Waals surface area (Å²) in [5, 5.41) is 11.8. The van der Waals surface area contributed by atoms with Gasteiger partial charge in [0.1, 0.15) is 29.1 Å². The molecule has 3 aromatic carbocycles. The first-order chi connectivity index (χ1) is 14.2. The third-order valence-corrected chi connectivity index (χ3v) is 4.80. The molecule has 0 saturated carbocycles. The zero-order valence-electron chi connectivity index (χ0n) is 16.3. The molecule has 4 rings (SSSR count). The van der Waals surface area contributed by atoms with Crippen molar-refractivity contribution in [2.45, 2.75) is 0 Å². The normalized spacial score (nSPS) is 11.4. The van der Waals surface area contributed by atoms with E-state index in [1.54, 1.807) is 27.4 Å². The second-order valence-electron chi connectivity index (χ2n) is 6.41. The molecular weight excluding hydrogens is 366 g/mol. The van der Waals surface area contributed by atoms with E-state index in [4.69, 9.17) is 14.2 Å². The Kier molecular flexibility index (Phi) is 4.80. The molecule has 4 aromatic rings. The fourth-order valence-electron chi connectivity index (χ4n) is 3.30. The van der Waals surface area contributed by atoms with Crippen molar-refractivity contribution >= 4 is 33.5 Å². The molecule has 0 spiro atoms. The van der Waals surface area contributed by atoms with Crippen LogP contribution in [0.1, 0.15) is 11.4 Å². The van der Waals surface area contributed by atoms with E-state index in [0.717, 1.165) is 38.9 Å². The van der Waals surface area contributed by atoms with Crippen LogP contribution in [0.15, 0.2) is 48.5 Å². The predicted octanol–water partition coefficient (Wildman–Crippen LogP) is 4.81. The van der Waals surface area contributed by atoms with Gasteiger partial charge in [0.05, 0.1) is 37.9 Å². The molecular formula is C23H19N3O3. The molecule has 0 saturated heterocycles. The number of H-pyrrole nitrogens is 1. The van der Waals surface area contributed by atoms with Crippen LogP contribution in [-0.4, -0.2) is 31.3 Å². The molecule has 0 bridgehead atoms. The molecule has 1 heterocycles. The Labute approximate surface area is 168 Å². The Balaban J connectivity index is 1.91. The lowest BCUT2D eigenvalue weighted by molar-refractivity contribution is 0.413. The fraction of sp³-hybridized carbons (Fsp3) is 0.130. The molecule has 6 heteroatoms. The van der Waals surface area contributed by atoms with Crippen LogP contribution in [-0.2, 0) is 0 Å². The minimum absolute atomic E-state index is 0.397. The number of aromatic amines is 1. The van der Waals surface area contributed by atoms with E-state index in [1.807, 2.05) is 48.5 Å². The average molecular weight is 385 g/mol. The van der Waals surface area contributed by atoms with Gasteiger partial charge in [-0.3, -0.25) is 0 Å². The number of hydrogen-bond acceptors (Lipinski definition) is 5. The van der Waals surface area contributed by atoms with Crippen molar-refractivity contribution in [2.24, 2.45) is 0 Å². The van der Waals surface area contributed by atoms with E-state index in [9.17, 15) is 5.26 Å². The highest BCUT2D eigenvalue weighted by Crippen LogP contribution is 2.34. The number of nitrogens with zero attached hydrogens (tertiary/aromatic N) is 2. The van der Waals surface area contributed by atoms with E-state index in [2.05, 4.69) is 16.0 Å². The second kappa shape index (κ2) is 7.56. The topological polar surface area (TPSA) is 80.2 Å². The fourth-order valence-corrected chi connectivity index (χ4v) is 3.30. The zero-order valence-corrected chi connectivity index (χ0v) is 16.3. The average Bonchev–Trinajstić information content (AvgIpc) is 3.19. The van der Waals surface area contributed by atoms with E-state index in [-0.39, 0.29) is 0 Å². The summed E-state index contributed by atoms with van der Waals surface area (Å²) in [4.78, 5) is 7.76. The number of ether oxygens (including phenoxy) is 3. The number of aromatic nitrogens is 2. The maximum absolute atomic E-state index is 9.83. The SMILES string of the molecule is COc1ccc2nc(/C(C#N)=C\c3c(OC)ccc4ccc(OC)cc34)[nH]c2c1. The standard InChI is InChI=1S/C23H19N3O3/c1-27-16-6-4-14-5-9-22(29-3)19(18(14)11-16)10-15(13-24)23-25-20-8-7-17(28-2)12-21(20)26-23/h4-12H,1-3H3,(H,25,26)/b15-10-. The lowest BCUT2D eigenvalue weighted by Crippen LogP contribution is -1.92. The molecule has 0 amide bonds. The van der Waals surface area contributed by atoms with Crippen molar-refractivity contribution in [3.05, 3.63) is 59.9 Å². The van der Waals surface area contributed by atoms with Gasteiger partial charge >= 0.3 is 0 Å². The minimum Gasteiger partial charge on any atom is -0.497 e. The van der Waals surface area contributed by atoms with Crippen LogP contribution in [0.5, 0.6) is 17.2 Å². The van der Waals surface area contributed by atoms with Crippen LogP contribution in [0, 0.1) is 11.3 Å². The van der Waals surface area contributed by atoms with Crippen LogP contribution in [0.25, 0.3) is 33.5 Å². The molecule has 144 valence electrons. The quantitative estimate of drug-likeness (QED) is 0.499. The van der Waals surface area contributed by atoms with Crippen LogP contribution in [0.3, 0.4) is 0 Å². The first kappa shape index (κ1) is 18.4. The number of methoxy groups -OCH3 is 3. The first-order valence-electron chi connectivity index (χ1n) is 8.97. The second-order valence-corrected chi connectivity index (χ2v) is 6.41. The number of imidazole rings is 1. The summed E-state index contributed by atoms with van der Waals surface area (Å²) in [6.45, 7) is 0. The lowest BCUT2D eigenvalue weighted by Gasteiger charge is -2.11. The molecule has 0 aliphatic rings. The molecule has 6 nitrogen and oxygen atoms in total. The maximum atomic E-state index is 9.83. The minimum atomic E-state index is 0.397. The number of fused-ring (bicyclic) bond motifs is 2. The van der Waals surface area contributed by atoms with Gasteiger partial charge in [0, 0.05) is 11.6 Å². The number of nitriles is 1. The van der Waals surface area contributed by atoms with E-state index >= 15 is 0 Å². The van der Waals surface area contributed by atoms with Gasteiger partial charge in [0.2, 0.25) is 0 Å². The van der Waals surface area contributed by atoms with Gasteiger partial charge in [0.15, 0.2) is 0 Å². The molecule has 0 radical (unpaired) electrons. The molecule has 0 unspecified atom stereocenters. The van der Waals surface area contributed by atoms with Gasteiger partial charge in [-0.05, 0) is 47.2 Å². The highest BCUT2D eigenvalue weighted by molar-refractivity contribution is 6.00. The van der Waals surface area contributed by atoms with Gasteiger partial charge in [-0.25, -0.2) is 4.98 Å². The van der Waals surface area contributed by atoms with Crippen molar-refractivity contribution in [3.63, 3.8) is 0 Å². The van der Waals surface area contributed by atoms with Crippen molar-refractivity contribution < 1.29 is 14.2 Å². The number of nitrogens with one attached hydrogen (secondary N) is 1. The maximum Gasteiger partial charge on any atom is 0.149 e. The Morgan fingerprint density at radius 1 is 0.966 bits per heavy atom. The van der Waals surface area contributed by atoms with Crippen LogP contribution >= 0.6 is 0 Å². The van der Waals surface area contributed by atoms with Gasteiger partial charge in [-0.2, -0.15) is 5.26 Å². The smallest absolute Gasteiger partial charge is 0.149 e. The van der Waals surface area contributed by atoms with Crippen LogP contribution in [0.4, 0.5) is 0 Å². The van der Waals surface area contributed by atoms with E-state index in [0.29, 0.717) is 17.1 Å². The molecule has 0 aliphatic carbocycles. The number of hydrogen-bond donors (Lipinski definition) is 1. The van der Waals surface area contributed by atoms with Gasteiger partial charge in [0.25, 0.3) is 0 Å². The van der Waals surface area contributed by atoms with Crippen molar-refractivity contribution in [1.82, 2.24) is 9.97 Å². The zero-order chi connectivity index (χ0) is 20.4. The molecule has 0 aliphatic heterocycles. The van der Waals surface area contributed by atoms with Crippen molar-refractivity contribution in [1.29, 1.82) is 5.26 Å². The summed E-state index contributed by atoms with van der Waals surface area (Å²) in [7, 11) is 4.85. The number of allylic oxidation sites excluding steroid dienone is 1. The highest BCUT2D eigenvalue weighted by Gasteiger charge is 2.13. The summed E-state index contributed by atoms with van der Waals surface area (Å²) in [6.07, 6.45) is 1.79. The van der Waals surface area contributed by atoms with Crippen LogP contribution in [0.2, 0.25) is 0 Å².